The van der Waals surface area contributed by atoms with E-state index in [0.717, 1.165) is 11.3 Å². The second kappa shape index (κ2) is 5.58. The molecule has 0 radical (unpaired) electrons. The molecule has 20 heavy (non-hydrogen) atoms. The zero-order valence-electron chi connectivity index (χ0n) is 10.8. The van der Waals surface area contributed by atoms with E-state index in [4.69, 9.17) is 11.6 Å². The van der Waals surface area contributed by atoms with Crippen LogP contribution in [0.15, 0.2) is 18.2 Å². The molecule has 0 saturated carbocycles. The first-order valence-corrected chi connectivity index (χ1v) is 6.60. The van der Waals surface area contributed by atoms with E-state index in [0.29, 0.717) is 13.0 Å². The van der Waals surface area contributed by atoms with E-state index < -0.39 is 10.8 Å². The molecule has 6 nitrogen and oxygen atoms in total. The maximum absolute atomic E-state index is 12.3. The van der Waals surface area contributed by atoms with Gasteiger partial charge in [-0.05, 0) is 18.1 Å². The van der Waals surface area contributed by atoms with Gasteiger partial charge in [0.1, 0.15) is 5.56 Å². The summed E-state index contributed by atoms with van der Waals surface area (Å²) in [6.07, 6.45) is 1.09. The number of carbonyl (C=O) groups excluding carboxylic acids is 2. The number of amides is 2. The van der Waals surface area contributed by atoms with Crippen LogP contribution in [0, 0.1) is 16.0 Å². The zero-order valence-corrected chi connectivity index (χ0v) is 11.6. The Hall–Kier alpha value is -1.95. The summed E-state index contributed by atoms with van der Waals surface area (Å²) < 4.78 is 0. The number of halogens is 1. The summed E-state index contributed by atoms with van der Waals surface area (Å²) in [5.74, 6) is -0.832. The molecule has 2 amide bonds. The van der Waals surface area contributed by atoms with Crippen LogP contribution < -0.4 is 0 Å². The number of hydrogen-bond acceptors (Lipinski definition) is 4. The molecule has 0 spiro atoms. The molecule has 1 aromatic rings. The van der Waals surface area contributed by atoms with Crippen molar-refractivity contribution < 1.29 is 14.5 Å². The van der Waals surface area contributed by atoms with Crippen molar-refractivity contribution in [3.05, 3.63) is 38.9 Å². The lowest BCUT2D eigenvalue weighted by atomic mass is 10.1. The number of nitro groups is 1. The first-order chi connectivity index (χ1) is 9.43. The summed E-state index contributed by atoms with van der Waals surface area (Å²) in [6, 6.07) is 3.75. The van der Waals surface area contributed by atoms with E-state index in [1.165, 1.54) is 18.2 Å². The van der Waals surface area contributed by atoms with E-state index in [1.54, 1.807) is 0 Å². The fraction of sp³-hybridized carbons (Fsp3) is 0.385. The number of rotatable bonds is 3. The van der Waals surface area contributed by atoms with Crippen LogP contribution in [0.4, 0.5) is 5.69 Å². The van der Waals surface area contributed by atoms with Crippen LogP contribution in [0.5, 0.6) is 0 Å². The van der Waals surface area contributed by atoms with Crippen molar-refractivity contribution in [1.29, 1.82) is 0 Å². The van der Waals surface area contributed by atoms with Crippen LogP contribution in [0.25, 0.3) is 0 Å². The first kappa shape index (κ1) is 14.5. The highest BCUT2D eigenvalue weighted by Crippen LogP contribution is 2.28. The average Bonchev–Trinajstić information content (AvgIpc) is 2.78. The van der Waals surface area contributed by atoms with Crippen LogP contribution in [0.2, 0.25) is 5.02 Å². The lowest BCUT2D eigenvalue weighted by molar-refractivity contribution is -0.385. The van der Waals surface area contributed by atoms with Crippen molar-refractivity contribution in [2.45, 2.75) is 19.8 Å². The predicted molar refractivity (Wildman–Crippen MR) is 72.5 cm³/mol. The number of hydrogen-bond donors (Lipinski definition) is 0. The Bertz CT molecular complexity index is 588. The van der Waals surface area contributed by atoms with Crippen LogP contribution >= 0.6 is 11.6 Å². The topological polar surface area (TPSA) is 80.5 Å². The fourth-order valence-corrected chi connectivity index (χ4v) is 2.41. The number of nitrogens with zero attached hydrogens (tertiary/aromatic N) is 2. The van der Waals surface area contributed by atoms with E-state index in [2.05, 4.69) is 0 Å². The van der Waals surface area contributed by atoms with Gasteiger partial charge in [0.05, 0.1) is 4.92 Å². The maximum Gasteiger partial charge on any atom is 0.282 e. The van der Waals surface area contributed by atoms with Crippen LogP contribution in [-0.2, 0) is 4.79 Å². The Morgan fingerprint density at radius 2 is 2.25 bits per heavy atom. The van der Waals surface area contributed by atoms with Gasteiger partial charge in [-0.25, -0.2) is 0 Å². The van der Waals surface area contributed by atoms with Crippen molar-refractivity contribution in [1.82, 2.24) is 4.90 Å². The first-order valence-electron chi connectivity index (χ1n) is 6.22. The highest BCUT2D eigenvalue weighted by atomic mass is 35.5. The Labute approximate surface area is 120 Å². The van der Waals surface area contributed by atoms with Gasteiger partial charge in [-0.15, -0.1) is 0 Å². The van der Waals surface area contributed by atoms with Crippen molar-refractivity contribution in [2.75, 3.05) is 6.54 Å². The van der Waals surface area contributed by atoms with Crippen molar-refractivity contribution in [2.24, 2.45) is 5.92 Å². The Balaban J connectivity index is 2.36. The molecule has 1 unspecified atom stereocenters. The van der Waals surface area contributed by atoms with Gasteiger partial charge in [-0.3, -0.25) is 24.6 Å². The minimum absolute atomic E-state index is 0.115. The Kier molecular flexibility index (Phi) is 4.04. The Morgan fingerprint density at radius 3 is 2.80 bits per heavy atom. The number of carbonyl (C=O) groups is 2. The second-order valence-corrected chi connectivity index (χ2v) is 5.14. The molecule has 1 fully saturated rings. The van der Waals surface area contributed by atoms with Crippen molar-refractivity contribution in [3.8, 4) is 0 Å². The van der Waals surface area contributed by atoms with Gasteiger partial charge >= 0.3 is 0 Å². The third-order valence-corrected chi connectivity index (χ3v) is 3.65. The molecule has 0 aliphatic carbocycles. The molecule has 1 aliphatic rings. The van der Waals surface area contributed by atoms with Gasteiger partial charge in [0, 0.05) is 24.1 Å². The monoisotopic (exact) mass is 296 g/mol. The Morgan fingerprint density at radius 1 is 1.55 bits per heavy atom. The number of benzene rings is 1. The average molecular weight is 297 g/mol. The van der Waals surface area contributed by atoms with E-state index >= 15 is 0 Å². The summed E-state index contributed by atoms with van der Waals surface area (Å²) in [4.78, 5) is 35.6. The van der Waals surface area contributed by atoms with Gasteiger partial charge in [0.15, 0.2) is 0 Å². The molecule has 1 heterocycles. The molecule has 0 N–H and O–H groups in total. The van der Waals surface area contributed by atoms with Gasteiger partial charge in [0.2, 0.25) is 5.91 Å². The molecule has 1 aliphatic heterocycles. The minimum atomic E-state index is -0.653. The van der Waals surface area contributed by atoms with Crippen molar-refractivity contribution in [3.63, 3.8) is 0 Å². The zero-order chi connectivity index (χ0) is 14.9. The molecule has 1 saturated heterocycles. The molecule has 2 rings (SSSR count). The van der Waals surface area contributed by atoms with Crippen LogP contribution in [0.1, 0.15) is 30.1 Å². The quantitative estimate of drug-likeness (QED) is 0.488. The van der Waals surface area contributed by atoms with E-state index in [9.17, 15) is 19.7 Å². The molecule has 1 atom stereocenters. The molecule has 0 aromatic heterocycles. The third-order valence-electron chi connectivity index (χ3n) is 3.41. The van der Waals surface area contributed by atoms with Crippen molar-refractivity contribution >= 4 is 29.1 Å². The smallest absolute Gasteiger partial charge is 0.278 e. The van der Waals surface area contributed by atoms with E-state index in [-0.39, 0.29) is 28.1 Å². The van der Waals surface area contributed by atoms with Gasteiger partial charge in [-0.2, -0.15) is 0 Å². The number of imide groups is 1. The molecule has 106 valence electrons. The summed E-state index contributed by atoms with van der Waals surface area (Å²) in [5, 5.41) is 11.2. The number of nitro benzene ring substituents is 1. The molecule has 1 aromatic carbocycles. The van der Waals surface area contributed by atoms with Gasteiger partial charge < -0.3 is 0 Å². The standard InChI is InChI=1S/C13H13ClN2O4/c1-2-8-5-12(17)15(7-8)13(18)10-6-9(14)3-4-11(10)16(19)20/h3-4,6,8H,2,5,7H2,1H3. The summed E-state index contributed by atoms with van der Waals surface area (Å²) in [5.41, 5.74) is -0.486. The molecular formula is C13H13ClN2O4. The van der Waals surface area contributed by atoms with Crippen LogP contribution in [0.3, 0.4) is 0 Å². The normalized spacial score (nSPS) is 18.4. The summed E-state index contributed by atoms with van der Waals surface area (Å²) >= 11 is 5.79. The maximum atomic E-state index is 12.3. The lowest BCUT2D eigenvalue weighted by Crippen LogP contribution is -2.32. The second-order valence-electron chi connectivity index (χ2n) is 4.71. The highest BCUT2D eigenvalue weighted by Gasteiger charge is 2.35. The summed E-state index contributed by atoms with van der Waals surface area (Å²) in [7, 11) is 0. The third kappa shape index (κ3) is 2.65. The highest BCUT2D eigenvalue weighted by molar-refractivity contribution is 6.31. The lowest BCUT2D eigenvalue weighted by Gasteiger charge is -2.14. The van der Waals surface area contributed by atoms with Gasteiger partial charge in [0.25, 0.3) is 11.6 Å². The molecule has 7 heteroatoms. The van der Waals surface area contributed by atoms with E-state index in [1.807, 2.05) is 6.92 Å². The number of likely N-dealkylation sites (tertiary alicyclic amines) is 1. The van der Waals surface area contributed by atoms with Gasteiger partial charge in [-0.1, -0.05) is 24.9 Å². The van der Waals surface area contributed by atoms with Crippen LogP contribution in [-0.4, -0.2) is 28.2 Å². The predicted octanol–water partition coefficient (Wildman–Crippen LogP) is 2.65. The fourth-order valence-electron chi connectivity index (χ4n) is 2.24. The SMILES string of the molecule is CCC1CC(=O)N(C(=O)c2cc(Cl)ccc2[N+](=O)[O-])C1. The minimum Gasteiger partial charge on any atom is -0.278 e. The molecule has 0 bridgehead atoms. The largest absolute Gasteiger partial charge is 0.282 e. The summed E-state index contributed by atoms with van der Waals surface area (Å²) in [6.45, 7) is 2.24. The molecular weight excluding hydrogens is 284 g/mol.